The van der Waals surface area contributed by atoms with E-state index in [1.165, 1.54) is 6.20 Å². The van der Waals surface area contributed by atoms with Crippen LogP contribution in [0.5, 0.6) is 0 Å². The molecule has 0 aromatic carbocycles. The number of hydrogen-bond acceptors (Lipinski definition) is 4. The van der Waals surface area contributed by atoms with Gasteiger partial charge in [0.1, 0.15) is 5.60 Å². The fourth-order valence-corrected chi connectivity index (χ4v) is 2.24. The van der Waals surface area contributed by atoms with E-state index in [2.05, 4.69) is 9.97 Å². The second-order valence-electron chi connectivity index (χ2n) is 5.00. The second kappa shape index (κ2) is 4.65. The van der Waals surface area contributed by atoms with Gasteiger partial charge in [0, 0.05) is 13.3 Å². The molecule has 18 heavy (non-hydrogen) atoms. The van der Waals surface area contributed by atoms with Gasteiger partial charge in [0.25, 0.3) is 0 Å². The Morgan fingerprint density at radius 2 is 2.17 bits per heavy atom. The Hall–Kier alpha value is -1.49. The molecule has 0 saturated heterocycles. The molecule has 1 aliphatic carbocycles. The van der Waals surface area contributed by atoms with Gasteiger partial charge in [-0.2, -0.15) is 0 Å². The number of ether oxygens (including phenoxy) is 1. The van der Waals surface area contributed by atoms with E-state index in [9.17, 15) is 4.79 Å². The van der Waals surface area contributed by atoms with Gasteiger partial charge < -0.3 is 9.84 Å². The zero-order valence-electron chi connectivity index (χ0n) is 10.9. The van der Waals surface area contributed by atoms with Gasteiger partial charge in [0.05, 0.1) is 11.3 Å². The predicted molar refractivity (Wildman–Crippen MR) is 65.6 cm³/mol. The first-order valence-corrected chi connectivity index (χ1v) is 6.16. The molecule has 5 nitrogen and oxygen atoms in total. The van der Waals surface area contributed by atoms with E-state index in [4.69, 9.17) is 9.84 Å². The zero-order chi connectivity index (χ0) is 13.3. The summed E-state index contributed by atoms with van der Waals surface area (Å²) in [6.07, 6.45) is 4.29. The van der Waals surface area contributed by atoms with E-state index in [1.807, 2.05) is 13.8 Å². The third-order valence-corrected chi connectivity index (χ3v) is 3.56. The molecule has 0 amide bonds. The lowest BCUT2D eigenvalue weighted by Gasteiger charge is -2.39. The smallest absolute Gasteiger partial charge is 0.339 e. The molecule has 0 bridgehead atoms. The number of aromatic nitrogens is 2. The van der Waals surface area contributed by atoms with Crippen molar-refractivity contribution in [2.45, 2.75) is 44.6 Å². The SMILES string of the molecule is COC1(c2ncc(C(=O)O)c(C(C)C)n2)CCC1. The van der Waals surface area contributed by atoms with E-state index in [0.717, 1.165) is 19.3 Å². The highest BCUT2D eigenvalue weighted by molar-refractivity contribution is 5.88. The average molecular weight is 250 g/mol. The third kappa shape index (κ3) is 1.99. The van der Waals surface area contributed by atoms with Gasteiger partial charge in [0.2, 0.25) is 0 Å². The van der Waals surface area contributed by atoms with Crippen LogP contribution in [0.1, 0.15) is 60.9 Å². The van der Waals surface area contributed by atoms with Crippen molar-refractivity contribution in [2.24, 2.45) is 0 Å². The minimum atomic E-state index is -0.981. The molecule has 1 heterocycles. The summed E-state index contributed by atoms with van der Waals surface area (Å²) >= 11 is 0. The van der Waals surface area contributed by atoms with Crippen LogP contribution in [-0.2, 0) is 10.3 Å². The lowest BCUT2D eigenvalue weighted by Crippen LogP contribution is -2.38. The number of carbonyl (C=O) groups is 1. The fraction of sp³-hybridized carbons (Fsp3) is 0.615. The average Bonchev–Trinajstić information content (AvgIpc) is 2.27. The third-order valence-electron chi connectivity index (χ3n) is 3.56. The van der Waals surface area contributed by atoms with Crippen LogP contribution < -0.4 is 0 Å². The maximum Gasteiger partial charge on any atom is 0.339 e. The highest BCUT2D eigenvalue weighted by Gasteiger charge is 2.42. The summed E-state index contributed by atoms with van der Waals surface area (Å²) in [4.78, 5) is 19.8. The van der Waals surface area contributed by atoms with Crippen molar-refractivity contribution >= 4 is 5.97 Å². The topological polar surface area (TPSA) is 72.3 Å². The van der Waals surface area contributed by atoms with Crippen LogP contribution in [0.3, 0.4) is 0 Å². The van der Waals surface area contributed by atoms with Crippen molar-refractivity contribution in [3.63, 3.8) is 0 Å². The molecule has 1 saturated carbocycles. The molecule has 1 aliphatic rings. The quantitative estimate of drug-likeness (QED) is 0.887. The van der Waals surface area contributed by atoms with Crippen molar-refractivity contribution in [3.8, 4) is 0 Å². The Morgan fingerprint density at radius 1 is 1.50 bits per heavy atom. The Kier molecular flexibility index (Phi) is 3.34. The van der Waals surface area contributed by atoms with Crippen LogP contribution in [0.2, 0.25) is 0 Å². The number of nitrogens with zero attached hydrogens (tertiary/aromatic N) is 2. The monoisotopic (exact) mass is 250 g/mol. The second-order valence-corrected chi connectivity index (χ2v) is 5.00. The van der Waals surface area contributed by atoms with E-state index in [-0.39, 0.29) is 11.5 Å². The highest BCUT2D eigenvalue weighted by atomic mass is 16.5. The number of aromatic carboxylic acids is 1. The lowest BCUT2D eigenvalue weighted by atomic mass is 9.79. The van der Waals surface area contributed by atoms with Gasteiger partial charge in [0.15, 0.2) is 5.82 Å². The van der Waals surface area contributed by atoms with Gasteiger partial charge in [-0.25, -0.2) is 14.8 Å². The summed E-state index contributed by atoms with van der Waals surface area (Å²) in [5, 5.41) is 9.13. The van der Waals surface area contributed by atoms with Gasteiger partial charge in [-0.1, -0.05) is 13.8 Å². The fourth-order valence-electron chi connectivity index (χ4n) is 2.24. The molecule has 1 aromatic heterocycles. The van der Waals surface area contributed by atoms with Crippen LogP contribution in [-0.4, -0.2) is 28.2 Å². The van der Waals surface area contributed by atoms with E-state index < -0.39 is 11.6 Å². The summed E-state index contributed by atoms with van der Waals surface area (Å²) in [6, 6.07) is 0. The molecule has 0 spiro atoms. The van der Waals surface area contributed by atoms with Crippen molar-refractivity contribution in [3.05, 3.63) is 23.3 Å². The van der Waals surface area contributed by atoms with Crippen LogP contribution in [0.4, 0.5) is 0 Å². The Bertz CT molecular complexity index is 462. The van der Waals surface area contributed by atoms with Crippen LogP contribution in [0.15, 0.2) is 6.20 Å². The standard InChI is InChI=1S/C13H18N2O3/c1-8(2)10-9(11(16)17)7-14-12(15-10)13(18-3)5-4-6-13/h7-8H,4-6H2,1-3H3,(H,16,17). The summed E-state index contributed by atoms with van der Waals surface area (Å²) in [6.45, 7) is 3.86. The zero-order valence-corrected chi connectivity index (χ0v) is 10.9. The summed E-state index contributed by atoms with van der Waals surface area (Å²) in [7, 11) is 1.66. The molecular formula is C13H18N2O3. The molecule has 1 N–H and O–H groups in total. The van der Waals surface area contributed by atoms with Crippen LogP contribution in [0.25, 0.3) is 0 Å². The normalized spacial score (nSPS) is 17.6. The minimum Gasteiger partial charge on any atom is -0.478 e. The molecule has 0 radical (unpaired) electrons. The van der Waals surface area contributed by atoms with E-state index in [1.54, 1.807) is 7.11 Å². The van der Waals surface area contributed by atoms with E-state index >= 15 is 0 Å². The van der Waals surface area contributed by atoms with Gasteiger partial charge in [-0.3, -0.25) is 0 Å². The predicted octanol–water partition coefficient (Wildman–Crippen LogP) is 2.32. The van der Waals surface area contributed by atoms with Gasteiger partial charge >= 0.3 is 5.97 Å². The molecule has 0 atom stereocenters. The number of methoxy groups -OCH3 is 1. The molecule has 0 unspecified atom stereocenters. The summed E-state index contributed by atoms with van der Waals surface area (Å²) < 4.78 is 5.52. The molecule has 0 aliphatic heterocycles. The molecule has 98 valence electrons. The van der Waals surface area contributed by atoms with Crippen molar-refractivity contribution in [2.75, 3.05) is 7.11 Å². The first-order chi connectivity index (χ1) is 8.50. The van der Waals surface area contributed by atoms with Gasteiger partial charge in [-0.05, 0) is 25.2 Å². The molecule has 1 aromatic rings. The number of hydrogen-bond donors (Lipinski definition) is 1. The Labute approximate surface area is 106 Å². The number of carboxylic acids is 1. The maximum absolute atomic E-state index is 11.1. The molecule has 1 fully saturated rings. The van der Waals surface area contributed by atoms with Crippen LogP contribution in [0, 0.1) is 0 Å². The molecule has 5 heteroatoms. The highest BCUT2D eigenvalue weighted by Crippen LogP contribution is 2.42. The van der Waals surface area contributed by atoms with Gasteiger partial charge in [-0.15, -0.1) is 0 Å². The number of rotatable bonds is 4. The molecule has 2 rings (SSSR count). The first kappa shape index (κ1) is 13.0. The molecular weight excluding hydrogens is 232 g/mol. The van der Waals surface area contributed by atoms with Crippen molar-refractivity contribution < 1.29 is 14.6 Å². The van der Waals surface area contributed by atoms with Crippen LogP contribution >= 0.6 is 0 Å². The summed E-state index contributed by atoms with van der Waals surface area (Å²) in [5.74, 6) is -0.317. The Balaban J connectivity index is 2.46. The Morgan fingerprint density at radius 3 is 2.56 bits per heavy atom. The largest absolute Gasteiger partial charge is 0.478 e. The summed E-state index contributed by atoms with van der Waals surface area (Å²) in [5.41, 5.74) is 0.357. The maximum atomic E-state index is 11.1. The first-order valence-electron chi connectivity index (χ1n) is 6.16. The van der Waals surface area contributed by atoms with Crippen molar-refractivity contribution in [1.82, 2.24) is 9.97 Å². The van der Waals surface area contributed by atoms with Crippen molar-refractivity contribution in [1.29, 1.82) is 0 Å². The van der Waals surface area contributed by atoms with E-state index in [0.29, 0.717) is 11.5 Å². The lowest BCUT2D eigenvalue weighted by molar-refractivity contribution is -0.0848. The minimum absolute atomic E-state index is 0.0480. The number of carboxylic acid groups (broad SMARTS) is 1.